The third kappa shape index (κ3) is 4.93. The average Bonchev–Trinajstić information content (AvgIpc) is 2.54. The van der Waals surface area contributed by atoms with Gasteiger partial charge in [0.1, 0.15) is 0 Å². The van der Waals surface area contributed by atoms with Gasteiger partial charge in [0.2, 0.25) is 11.8 Å². The molecular formula is C18H33N3O2. The van der Waals surface area contributed by atoms with E-state index in [1.807, 2.05) is 4.90 Å². The van der Waals surface area contributed by atoms with Gasteiger partial charge in [0.15, 0.2) is 0 Å². The van der Waals surface area contributed by atoms with Crippen molar-refractivity contribution >= 4 is 11.8 Å². The normalized spacial score (nSPS) is 21.0. The highest BCUT2D eigenvalue weighted by Crippen LogP contribution is 2.41. The van der Waals surface area contributed by atoms with Gasteiger partial charge in [0, 0.05) is 45.6 Å². The second-order valence-corrected chi connectivity index (χ2v) is 7.73. The molecule has 2 fully saturated rings. The number of piperidine rings is 2. The highest BCUT2D eigenvalue weighted by atomic mass is 16.2. The maximum Gasteiger partial charge on any atom is 0.223 e. The van der Waals surface area contributed by atoms with Crippen molar-refractivity contribution in [2.24, 2.45) is 17.1 Å². The van der Waals surface area contributed by atoms with Crippen LogP contribution in [0.1, 0.15) is 58.8 Å². The fraction of sp³-hybridized carbons (Fsp3) is 0.889. The number of nitrogens with zero attached hydrogens (tertiary/aromatic N) is 2. The maximum atomic E-state index is 12.2. The lowest BCUT2D eigenvalue weighted by atomic mass is 9.71. The minimum atomic E-state index is 0.198. The van der Waals surface area contributed by atoms with Crippen molar-refractivity contribution < 1.29 is 9.59 Å². The molecule has 1 spiro atoms. The number of carbonyl (C=O) groups is 2. The summed E-state index contributed by atoms with van der Waals surface area (Å²) in [6.07, 6.45) is 6.49. The predicted octanol–water partition coefficient (Wildman–Crippen LogP) is 2.00. The minimum Gasteiger partial charge on any atom is -0.343 e. The standard InChI is InChI=1S/C18H33N3O2/c1-15(2)3-4-16(22)20-11-6-18(7-12-20)8-13-21(14-9-18)17(23)5-10-19/h15H,3-14,19H2,1-2H3. The summed E-state index contributed by atoms with van der Waals surface area (Å²) in [7, 11) is 0. The lowest BCUT2D eigenvalue weighted by molar-refractivity contribution is -0.136. The van der Waals surface area contributed by atoms with E-state index in [2.05, 4.69) is 18.7 Å². The first-order valence-electron chi connectivity index (χ1n) is 9.21. The smallest absolute Gasteiger partial charge is 0.223 e. The summed E-state index contributed by atoms with van der Waals surface area (Å²) >= 11 is 0. The van der Waals surface area contributed by atoms with Gasteiger partial charge in [0.05, 0.1) is 0 Å². The van der Waals surface area contributed by atoms with E-state index in [0.29, 0.717) is 36.6 Å². The van der Waals surface area contributed by atoms with Crippen molar-refractivity contribution in [2.45, 2.75) is 58.8 Å². The van der Waals surface area contributed by atoms with Gasteiger partial charge in [-0.05, 0) is 43.4 Å². The zero-order valence-corrected chi connectivity index (χ0v) is 14.9. The Morgan fingerprint density at radius 1 is 0.913 bits per heavy atom. The molecule has 23 heavy (non-hydrogen) atoms. The van der Waals surface area contributed by atoms with Crippen LogP contribution in [0.3, 0.4) is 0 Å². The van der Waals surface area contributed by atoms with Crippen molar-refractivity contribution in [3.8, 4) is 0 Å². The molecular weight excluding hydrogens is 290 g/mol. The molecule has 5 nitrogen and oxygen atoms in total. The van der Waals surface area contributed by atoms with Crippen LogP contribution in [0.25, 0.3) is 0 Å². The van der Waals surface area contributed by atoms with Crippen LogP contribution in [-0.2, 0) is 9.59 Å². The zero-order valence-electron chi connectivity index (χ0n) is 14.9. The Hall–Kier alpha value is -1.10. The molecule has 2 saturated heterocycles. The molecule has 0 aromatic rings. The maximum absolute atomic E-state index is 12.2. The van der Waals surface area contributed by atoms with Crippen molar-refractivity contribution in [1.82, 2.24) is 9.80 Å². The number of carbonyl (C=O) groups excluding carboxylic acids is 2. The number of hydrogen-bond donors (Lipinski definition) is 1. The first kappa shape index (κ1) is 18.2. The molecule has 2 heterocycles. The van der Waals surface area contributed by atoms with Crippen LogP contribution in [0, 0.1) is 11.3 Å². The number of amides is 2. The van der Waals surface area contributed by atoms with Crippen molar-refractivity contribution in [1.29, 1.82) is 0 Å². The Morgan fingerprint density at radius 3 is 1.74 bits per heavy atom. The Kier molecular flexibility index (Phi) is 6.45. The number of nitrogens with two attached hydrogens (primary N) is 1. The van der Waals surface area contributed by atoms with Gasteiger partial charge in [-0.25, -0.2) is 0 Å². The van der Waals surface area contributed by atoms with Gasteiger partial charge >= 0.3 is 0 Å². The predicted molar refractivity (Wildman–Crippen MR) is 91.8 cm³/mol. The minimum absolute atomic E-state index is 0.198. The molecule has 2 N–H and O–H groups in total. The Bertz CT molecular complexity index is 404. The lowest BCUT2D eigenvalue weighted by Gasteiger charge is -2.47. The summed E-state index contributed by atoms with van der Waals surface area (Å²) in [6.45, 7) is 8.28. The fourth-order valence-electron chi connectivity index (χ4n) is 3.81. The van der Waals surface area contributed by atoms with Crippen molar-refractivity contribution in [2.75, 3.05) is 32.7 Å². The van der Waals surface area contributed by atoms with Crippen LogP contribution in [0.2, 0.25) is 0 Å². The third-order valence-corrected chi connectivity index (χ3v) is 5.65. The summed E-state index contributed by atoms with van der Waals surface area (Å²) in [5.41, 5.74) is 5.83. The van der Waals surface area contributed by atoms with Crippen LogP contribution >= 0.6 is 0 Å². The molecule has 2 aliphatic rings. The molecule has 2 rings (SSSR count). The highest BCUT2D eigenvalue weighted by Gasteiger charge is 2.39. The van der Waals surface area contributed by atoms with E-state index in [0.717, 1.165) is 58.3 Å². The van der Waals surface area contributed by atoms with E-state index in [4.69, 9.17) is 5.73 Å². The second kappa shape index (κ2) is 8.13. The molecule has 0 radical (unpaired) electrons. The molecule has 0 aliphatic carbocycles. The van der Waals surface area contributed by atoms with Crippen LogP contribution in [0.15, 0.2) is 0 Å². The van der Waals surface area contributed by atoms with E-state index in [1.165, 1.54) is 0 Å². The van der Waals surface area contributed by atoms with E-state index in [1.54, 1.807) is 0 Å². The zero-order chi connectivity index (χ0) is 16.9. The van der Waals surface area contributed by atoms with Crippen LogP contribution < -0.4 is 5.73 Å². The SMILES string of the molecule is CC(C)CCC(=O)N1CCC2(CCN(C(=O)CCN)CC2)CC1. The summed E-state index contributed by atoms with van der Waals surface area (Å²) in [5.74, 6) is 1.11. The number of hydrogen-bond acceptors (Lipinski definition) is 3. The fourth-order valence-corrected chi connectivity index (χ4v) is 3.81. The molecule has 0 aromatic carbocycles. The van der Waals surface area contributed by atoms with Crippen LogP contribution in [0.4, 0.5) is 0 Å². The molecule has 0 saturated carbocycles. The van der Waals surface area contributed by atoms with Crippen molar-refractivity contribution in [3.05, 3.63) is 0 Å². The monoisotopic (exact) mass is 323 g/mol. The van der Waals surface area contributed by atoms with E-state index in [-0.39, 0.29) is 5.91 Å². The van der Waals surface area contributed by atoms with Gasteiger partial charge in [-0.2, -0.15) is 0 Å². The largest absolute Gasteiger partial charge is 0.343 e. The molecule has 0 unspecified atom stereocenters. The number of likely N-dealkylation sites (tertiary alicyclic amines) is 2. The van der Waals surface area contributed by atoms with Gasteiger partial charge in [0.25, 0.3) is 0 Å². The summed E-state index contributed by atoms with van der Waals surface area (Å²) < 4.78 is 0. The molecule has 0 atom stereocenters. The Labute approximate surface area is 140 Å². The quantitative estimate of drug-likeness (QED) is 0.841. The molecule has 0 bridgehead atoms. The molecule has 2 aliphatic heterocycles. The van der Waals surface area contributed by atoms with Crippen LogP contribution in [0.5, 0.6) is 0 Å². The average molecular weight is 323 g/mol. The second-order valence-electron chi connectivity index (χ2n) is 7.73. The number of rotatable bonds is 5. The summed E-state index contributed by atoms with van der Waals surface area (Å²) in [5, 5.41) is 0. The summed E-state index contributed by atoms with van der Waals surface area (Å²) in [6, 6.07) is 0. The van der Waals surface area contributed by atoms with E-state index in [9.17, 15) is 9.59 Å². The van der Waals surface area contributed by atoms with E-state index < -0.39 is 0 Å². The van der Waals surface area contributed by atoms with Gasteiger partial charge < -0.3 is 15.5 Å². The van der Waals surface area contributed by atoms with Gasteiger partial charge in [-0.15, -0.1) is 0 Å². The summed E-state index contributed by atoms with van der Waals surface area (Å²) in [4.78, 5) is 28.2. The van der Waals surface area contributed by atoms with Crippen LogP contribution in [-0.4, -0.2) is 54.3 Å². The molecule has 5 heteroatoms. The highest BCUT2D eigenvalue weighted by molar-refractivity contribution is 5.77. The van der Waals surface area contributed by atoms with Gasteiger partial charge in [-0.1, -0.05) is 13.8 Å². The van der Waals surface area contributed by atoms with Gasteiger partial charge in [-0.3, -0.25) is 9.59 Å². The molecule has 132 valence electrons. The lowest BCUT2D eigenvalue weighted by Crippen LogP contribution is -2.49. The first-order chi connectivity index (χ1) is 11.0. The third-order valence-electron chi connectivity index (χ3n) is 5.65. The molecule has 2 amide bonds. The Morgan fingerprint density at radius 2 is 1.35 bits per heavy atom. The first-order valence-corrected chi connectivity index (χ1v) is 9.21. The van der Waals surface area contributed by atoms with Crippen molar-refractivity contribution in [3.63, 3.8) is 0 Å². The topological polar surface area (TPSA) is 66.6 Å². The van der Waals surface area contributed by atoms with E-state index >= 15 is 0 Å². The Balaban J connectivity index is 1.76. The molecule has 0 aromatic heterocycles.